The van der Waals surface area contributed by atoms with Crippen molar-refractivity contribution in [2.24, 2.45) is 0 Å². The normalized spacial score (nSPS) is 19.6. The molecule has 2 aliphatic heterocycles. The van der Waals surface area contributed by atoms with Crippen LogP contribution in [0.15, 0.2) is 42.5 Å². The van der Waals surface area contributed by atoms with E-state index in [1.165, 1.54) is 12.1 Å². The van der Waals surface area contributed by atoms with Gasteiger partial charge in [-0.25, -0.2) is 4.79 Å². The van der Waals surface area contributed by atoms with Gasteiger partial charge in [-0.3, -0.25) is 9.59 Å². The molecule has 2 aliphatic rings. The van der Waals surface area contributed by atoms with E-state index in [0.717, 1.165) is 5.56 Å². The zero-order valence-electron chi connectivity index (χ0n) is 14.9. The van der Waals surface area contributed by atoms with Crippen molar-refractivity contribution < 1.29 is 24.6 Å². The number of aliphatic hydroxyl groups excluding tert-OH is 1. The van der Waals surface area contributed by atoms with Crippen LogP contribution in [0.4, 0.5) is 5.69 Å². The van der Waals surface area contributed by atoms with Crippen LogP contribution in [0.3, 0.4) is 0 Å². The summed E-state index contributed by atoms with van der Waals surface area (Å²) in [4.78, 5) is 37.5. The molecule has 0 spiro atoms. The minimum atomic E-state index is -1.06. The summed E-state index contributed by atoms with van der Waals surface area (Å²) in [6, 6.07) is 11.3. The Morgan fingerprint density at radius 1 is 1.11 bits per heavy atom. The second kappa shape index (κ2) is 6.94. The lowest BCUT2D eigenvalue weighted by atomic mass is 10.0. The Balaban J connectivity index is 1.60. The first kappa shape index (κ1) is 17.9. The third-order valence-corrected chi connectivity index (χ3v) is 4.97. The van der Waals surface area contributed by atoms with Crippen LogP contribution in [-0.4, -0.2) is 52.1 Å². The molecule has 0 radical (unpaired) electrons. The molecule has 1 atom stereocenters. The van der Waals surface area contributed by atoms with Gasteiger partial charge in [0.2, 0.25) is 0 Å². The van der Waals surface area contributed by atoms with E-state index in [9.17, 15) is 24.6 Å². The van der Waals surface area contributed by atoms with E-state index in [1.807, 2.05) is 0 Å². The highest BCUT2D eigenvalue weighted by Gasteiger charge is 2.26. The van der Waals surface area contributed by atoms with E-state index in [0.29, 0.717) is 41.9 Å². The molecule has 3 N–H and O–H groups in total. The highest BCUT2D eigenvalue weighted by molar-refractivity contribution is 6.35. The first-order chi connectivity index (χ1) is 13.4. The number of aliphatic hydroxyl groups is 1. The molecule has 1 fully saturated rings. The number of fused-ring (bicyclic) bond motifs is 1. The van der Waals surface area contributed by atoms with Crippen LogP contribution in [0, 0.1) is 0 Å². The number of nitrogens with zero attached hydrogens (tertiary/aromatic N) is 1. The fourth-order valence-corrected chi connectivity index (χ4v) is 3.46. The summed E-state index contributed by atoms with van der Waals surface area (Å²) in [7, 11) is 0. The number of likely N-dealkylation sites (tertiary alicyclic amines) is 1. The quantitative estimate of drug-likeness (QED) is 0.709. The minimum absolute atomic E-state index is 0.106. The van der Waals surface area contributed by atoms with Crippen molar-refractivity contribution in [2.45, 2.75) is 12.5 Å². The summed E-state index contributed by atoms with van der Waals surface area (Å²) in [5.41, 5.74) is 2.82. The van der Waals surface area contributed by atoms with Crippen molar-refractivity contribution in [3.8, 4) is 0 Å². The lowest BCUT2D eigenvalue weighted by Gasteiger charge is -2.15. The number of carbonyl (C=O) groups is 3. The monoisotopic (exact) mass is 378 g/mol. The predicted octanol–water partition coefficient (Wildman–Crippen LogP) is 2.08. The smallest absolute Gasteiger partial charge is 0.335 e. The number of nitrogens with one attached hydrogen (secondary N) is 1. The number of carboxylic acid groups (broad SMARTS) is 1. The van der Waals surface area contributed by atoms with Gasteiger partial charge < -0.3 is 20.4 Å². The Kier molecular flexibility index (Phi) is 4.44. The highest BCUT2D eigenvalue weighted by atomic mass is 16.4. The number of rotatable bonds is 3. The minimum Gasteiger partial charge on any atom is -0.478 e. The molecule has 2 amide bonds. The maximum Gasteiger partial charge on any atom is 0.335 e. The Hall–Kier alpha value is -3.45. The topological polar surface area (TPSA) is 107 Å². The standard InChI is InChI=1S/C21H18N2O5/c24-15-7-8-23(11-15)20(26)13-3-1-12(2-4-13)9-17-16-10-14(21(27)28)5-6-18(16)22-19(17)25/h1-6,9-10,15,24H,7-8,11H2,(H,22,25)(H,27,28)/b17-9-/t15-/m0/s1. The largest absolute Gasteiger partial charge is 0.478 e. The van der Waals surface area contributed by atoms with Gasteiger partial charge in [0.05, 0.1) is 11.7 Å². The van der Waals surface area contributed by atoms with Gasteiger partial charge in [0.25, 0.3) is 11.8 Å². The number of carbonyl (C=O) groups excluding carboxylic acids is 2. The number of anilines is 1. The molecule has 0 bridgehead atoms. The van der Waals surface area contributed by atoms with Crippen molar-refractivity contribution in [1.82, 2.24) is 4.90 Å². The number of β-amino-alcohol motifs (C(OH)–C–C–N with tert-alkyl or cyclic N) is 1. The SMILES string of the molecule is O=C1Nc2ccc(C(=O)O)cc2/C1=C/c1ccc(C(=O)N2CC[C@H](O)C2)cc1. The number of hydrogen-bond acceptors (Lipinski definition) is 4. The molecular weight excluding hydrogens is 360 g/mol. The van der Waals surface area contributed by atoms with Crippen LogP contribution >= 0.6 is 0 Å². The third kappa shape index (κ3) is 3.27. The number of amides is 2. The van der Waals surface area contributed by atoms with Gasteiger partial charge in [-0.15, -0.1) is 0 Å². The summed E-state index contributed by atoms with van der Waals surface area (Å²) in [6.45, 7) is 0.877. The first-order valence-electron chi connectivity index (χ1n) is 8.90. The van der Waals surface area contributed by atoms with E-state index in [-0.39, 0.29) is 17.4 Å². The van der Waals surface area contributed by atoms with Crippen LogP contribution in [-0.2, 0) is 4.79 Å². The Bertz CT molecular complexity index is 1010. The van der Waals surface area contributed by atoms with Gasteiger partial charge in [0.15, 0.2) is 0 Å². The molecule has 0 saturated carbocycles. The average molecular weight is 378 g/mol. The molecule has 4 rings (SSSR count). The van der Waals surface area contributed by atoms with E-state index < -0.39 is 12.1 Å². The highest BCUT2D eigenvalue weighted by Crippen LogP contribution is 2.34. The summed E-state index contributed by atoms with van der Waals surface area (Å²) in [5.74, 6) is -1.49. The number of carboxylic acids is 1. The first-order valence-corrected chi connectivity index (χ1v) is 8.90. The third-order valence-electron chi connectivity index (χ3n) is 4.97. The van der Waals surface area contributed by atoms with Crippen LogP contribution < -0.4 is 5.32 Å². The molecule has 2 aromatic rings. The van der Waals surface area contributed by atoms with E-state index in [4.69, 9.17) is 0 Å². The fraction of sp³-hybridized carbons (Fsp3) is 0.190. The van der Waals surface area contributed by atoms with Crippen LogP contribution in [0.5, 0.6) is 0 Å². The maximum atomic E-state index is 12.4. The van der Waals surface area contributed by atoms with Gasteiger partial charge >= 0.3 is 5.97 Å². The van der Waals surface area contributed by atoms with E-state index in [2.05, 4.69) is 5.32 Å². The molecule has 1 saturated heterocycles. The molecule has 2 aromatic carbocycles. The number of hydrogen-bond donors (Lipinski definition) is 3. The van der Waals surface area contributed by atoms with Gasteiger partial charge in [-0.2, -0.15) is 0 Å². The summed E-state index contributed by atoms with van der Waals surface area (Å²) >= 11 is 0. The summed E-state index contributed by atoms with van der Waals surface area (Å²) in [5, 5.41) is 21.5. The number of benzene rings is 2. The zero-order chi connectivity index (χ0) is 19.8. The van der Waals surface area contributed by atoms with Gasteiger partial charge in [-0.05, 0) is 48.4 Å². The molecule has 0 unspecified atom stereocenters. The summed E-state index contributed by atoms with van der Waals surface area (Å²) < 4.78 is 0. The number of aromatic carboxylic acids is 1. The molecule has 0 aliphatic carbocycles. The second-order valence-electron chi connectivity index (χ2n) is 6.89. The van der Waals surface area contributed by atoms with Gasteiger partial charge in [-0.1, -0.05) is 12.1 Å². The van der Waals surface area contributed by atoms with Crippen molar-refractivity contribution in [2.75, 3.05) is 18.4 Å². The summed E-state index contributed by atoms with van der Waals surface area (Å²) in [6.07, 6.45) is 1.79. The van der Waals surface area contributed by atoms with Crippen molar-refractivity contribution in [3.63, 3.8) is 0 Å². The zero-order valence-corrected chi connectivity index (χ0v) is 14.9. The Morgan fingerprint density at radius 3 is 2.46 bits per heavy atom. The van der Waals surface area contributed by atoms with Crippen LogP contribution in [0.25, 0.3) is 11.6 Å². The average Bonchev–Trinajstić information content (AvgIpc) is 3.25. The second-order valence-corrected chi connectivity index (χ2v) is 6.89. The van der Waals surface area contributed by atoms with Gasteiger partial charge in [0.1, 0.15) is 0 Å². The molecule has 142 valence electrons. The van der Waals surface area contributed by atoms with Gasteiger partial charge in [0, 0.05) is 35.5 Å². The molecule has 2 heterocycles. The van der Waals surface area contributed by atoms with Crippen LogP contribution in [0.2, 0.25) is 0 Å². The molecule has 28 heavy (non-hydrogen) atoms. The predicted molar refractivity (Wildman–Crippen MR) is 103 cm³/mol. The van der Waals surface area contributed by atoms with Crippen molar-refractivity contribution >= 4 is 35.1 Å². The van der Waals surface area contributed by atoms with Crippen LogP contribution in [0.1, 0.15) is 38.3 Å². The molecule has 7 nitrogen and oxygen atoms in total. The van der Waals surface area contributed by atoms with E-state index >= 15 is 0 Å². The Labute approximate surface area is 160 Å². The fourth-order valence-electron chi connectivity index (χ4n) is 3.46. The van der Waals surface area contributed by atoms with Crippen molar-refractivity contribution in [3.05, 3.63) is 64.7 Å². The Morgan fingerprint density at radius 2 is 1.82 bits per heavy atom. The van der Waals surface area contributed by atoms with Crippen molar-refractivity contribution in [1.29, 1.82) is 0 Å². The molecule has 7 heteroatoms. The van der Waals surface area contributed by atoms with E-state index in [1.54, 1.807) is 41.3 Å². The lowest BCUT2D eigenvalue weighted by molar-refractivity contribution is -0.110. The maximum absolute atomic E-state index is 12.4. The molecule has 0 aromatic heterocycles. The lowest BCUT2D eigenvalue weighted by Crippen LogP contribution is -2.29. The molecular formula is C21H18N2O5.